The SMILES string of the molecule is c1cc(-c2ccc3sc4sc5ccccc5c4c3c2)cc(-n2c3ccccc3c3cc(-n4c5ccccc5c5ccccc54)ccc32)c1. The summed E-state index contributed by atoms with van der Waals surface area (Å²) >= 11 is 3.82. The number of nitrogens with zero attached hydrogens (tertiary/aromatic N) is 2. The van der Waals surface area contributed by atoms with Crippen LogP contribution in [0.1, 0.15) is 0 Å². The van der Waals surface area contributed by atoms with Crippen molar-refractivity contribution >= 4 is 95.9 Å². The maximum atomic E-state index is 2.43. The third-order valence-electron chi connectivity index (χ3n) is 9.95. The Kier molecular flexibility index (Phi) is 5.45. The first kappa shape index (κ1) is 26.4. The van der Waals surface area contributed by atoms with E-state index in [-0.39, 0.29) is 0 Å². The second kappa shape index (κ2) is 9.91. The van der Waals surface area contributed by atoms with Gasteiger partial charge in [-0.25, -0.2) is 0 Å². The van der Waals surface area contributed by atoms with Gasteiger partial charge in [-0.2, -0.15) is 0 Å². The Morgan fingerprint density at radius 2 is 0.875 bits per heavy atom. The topological polar surface area (TPSA) is 9.86 Å². The third-order valence-corrected chi connectivity index (χ3v) is 12.4. The molecule has 0 radical (unpaired) electrons. The molecule has 0 aliphatic carbocycles. The molecule has 0 bridgehead atoms. The van der Waals surface area contributed by atoms with Crippen molar-refractivity contribution in [2.24, 2.45) is 0 Å². The van der Waals surface area contributed by atoms with Gasteiger partial charge in [-0.3, -0.25) is 0 Å². The van der Waals surface area contributed by atoms with Crippen LogP contribution in [0.3, 0.4) is 0 Å². The van der Waals surface area contributed by atoms with Gasteiger partial charge in [0.15, 0.2) is 0 Å². The van der Waals surface area contributed by atoms with E-state index in [2.05, 4.69) is 167 Å². The van der Waals surface area contributed by atoms with E-state index >= 15 is 0 Å². The molecule has 0 amide bonds. The molecule has 0 atom stereocenters. The Labute approximate surface area is 283 Å². The van der Waals surface area contributed by atoms with E-state index in [0.29, 0.717) is 0 Å². The quantitative estimate of drug-likeness (QED) is 0.181. The van der Waals surface area contributed by atoms with Crippen LogP contribution in [0, 0.1) is 0 Å². The number of hydrogen-bond donors (Lipinski definition) is 0. The molecule has 4 aromatic heterocycles. The summed E-state index contributed by atoms with van der Waals surface area (Å²) < 4.78 is 8.95. The first-order valence-electron chi connectivity index (χ1n) is 16.3. The lowest BCUT2D eigenvalue weighted by Crippen LogP contribution is -1.96. The standard InChI is InChI=1S/C44H26N2S2/c1-5-16-37-31(12-1)32-13-2-6-17-38(32)46(37)30-21-22-40-35(26-30)33-14-3-7-18-39(33)45(40)29-11-9-10-27(24-29)28-20-23-42-36(25-28)43-34-15-4-8-19-41(34)47-44(43)48-42/h1-26H. The van der Waals surface area contributed by atoms with E-state index in [0.717, 1.165) is 0 Å². The fourth-order valence-electron chi connectivity index (χ4n) is 7.85. The Morgan fingerprint density at radius 1 is 0.333 bits per heavy atom. The van der Waals surface area contributed by atoms with Crippen molar-refractivity contribution in [2.45, 2.75) is 0 Å². The molecular formula is C44H26N2S2. The lowest BCUT2D eigenvalue weighted by molar-refractivity contribution is 1.17. The molecule has 4 heteroatoms. The first-order chi connectivity index (χ1) is 23.8. The lowest BCUT2D eigenvalue weighted by Gasteiger charge is -2.12. The molecule has 0 spiro atoms. The van der Waals surface area contributed by atoms with Gasteiger partial charge in [-0.15, -0.1) is 22.7 Å². The zero-order valence-corrected chi connectivity index (χ0v) is 27.4. The fraction of sp³-hybridized carbons (Fsp3) is 0. The number of fused-ring (bicyclic) bond motifs is 11. The zero-order chi connectivity index (χ0) is 31.3. The number of thiophene rings is 2. The van der Waals surface area contributed by atoms with E-state index in [1.807, 2.05) is 22.7 Å². The molecule has 0 saturated heterocycles. The highest BCUT2D eigenvalue weighted by Gasteiger charge is 2.17. The average Bonchev–Trinajstić information content (AvgIpc) is 3.87. The molecule has 0 unspecified atom stereocenters. The van der Waals surface area contributed by atoms with Crippen molar-refractivity contribution in [2.75, 3.05) is 0 Å². The van der Waals surface area contributed by atoms with Crippen LogP contribution in [-0.2, 0) is 0 Å². The number of benzene rings is 7. The first-order valence-corrected chi connectivity index (χ1v) is 17.9. The molecule has 48 heavy (non-hydrogen) atoms. The molecule has 11 aromatic rings. The summed E-state index contributed by atoms with van der Waals surface area (Å²) in [7, 11) is 0. The van der Waals surface area contributed by atoms with Gasteiger partial charge in [0.2, 0.25) is 0 Å². The average molecular weight is 647 g/mol. The van der Waals surface area contributed by atoms with Crippen molar-refractivity contribution < 1.29 is 0 Å². The van der Waals surface area contributed by atoms with Gasteiger partial charge in [0.1, 0.15) is 0 Å². The molecule has 11 rings (SSSR count). The van der Waals surface area contributed by atoms with Crippen LogP contribution in [0.2, 0.25) is 0 Å². The molecule has 0 aliphatic rings. The molecule has 0 fully saturated rings. The van der Waals surface area contributed by atoms with Gasteiger partial charge in [0.25, 0.3) is 0 Å². The second-order valence-electron chi connectivity index (χ2n) is 12.5. The molecule has 224 valence electrons. The van der Waals surface area contributed by atoms with Gasteiger partial charge in [-0.05, 0) is 77.9 Å². The maximum Gasteiger partial charge on any atom is 0.0890 e. The number of para-hydroxylation sites is 3. The van der Waals surface area contributed by atoms with Gasteiger partial charge >= 0.3 is 0 Å². The number of aromatic nitrogens is 2. The van der Waals surface area contributed by atoms with Crippen molar-refractivity contribution in [3.05, 3.63) is 158 Å². The third kappa shape index (κ3) is 3.67. The van der Waals surface area contributed by atoms with Crippen LogP contribution < -0.4 is 0 Å². The van der Waals surface area contributed by atoms with Gasteiger partial charge in [-0.1, -0.05) is 91.0 Å². The van der Waals surface area contributed by atoms with Crippen molar-refractivity contribution in [3.8, 4) is 22.5 Å². The monoisotopic (exact) mass is 646 g/mol. The Hall–Kier alpha value is -5.68. The summed E-state index contributed by atoms with van der Waals surface area (Å²) in [6.07, 6.45) is 0. The number of hydrogen-bond acceptors (Lipinski definition) is 2. The Balaban J connectivity index is 1.10. The van der Waals surface area contributed by atoms with Crippen molar-refractivity contribution in [1.29, 1.82) is 0 Å². The van der Waals surface area contributed by atoms with Gasteiger partial charge in [0, 0.05) is 58.5 Å². The predicted molar refractivity (Wildman–Crippen MR) is 209 cm³/mol. The molecule has 0 N–H and O–H groups in total. The summed E-state index contributed by atoms with van der Waals surface area (Å²) in [5.74, 6) is 0. The minimum atomic E-state index is 1.17. The summed E-state index contributed by atoms with van der Waals surface area (Å²) in [6, 6.07) is 58.0. The molecule has 2 nitrogen and oxygen atoms in total. The predicted octanol–water partition coefficient (Wildman–Crippen LogP) is 13.1. The van der Waals surface area contributed by atoms with E-state index < -0.39 is 0 Å². The summed E-state index contributed by atoms with van der Waals surface area (Å²) in [5.41, 5.74) is 9.68. The minimum absolute atomic E-state index is 1.17. The van der Waals surface area contributed by atoms with Gasteiger partial charge in [0.05, 0.1) is 26.1 Å². The van der Waals surface area contributed by atoms with Crippen molar-refractivity contribution in [1.82, 2.24) is 9.13 Å². The Bertz CT molecular complexity index is 3020. The largest absolute Gasteiger partial charge is 0.309 e. The van der Waals surface area contributed by atoms with E-state index in [1.165, 1.54) is 95.7 Å². The highest BCUT2D eigenvalue weighted by molar-refractivity contribution is 7.44. The lowest BCUT2D eigenvalue weighted by atomic mass is 10.0. The van der Waals surface area contributed by atoms with Crippen molar-refractivity contribution in [3.63, 3.8) is 0 Å². The van der Waals surface area contributed by atoms with Crippen LogP contribution in [0.15, 0.2) is 158 Å². The van der Waals surface area contributed by atoms with E-state index in [4.69, 9.17) is 0 Å². The summed E-state index contributed by atoms with van der Waals surface area (Å²) in [4.78, 5) is 0. The summed E-state index contributed by atoms with van der Waals surface area (Å²) in [5, 5.41) is 9.18. The fourth-order valence-corrected chi connectivity index (χ4v) is 10.4. The van der Waals surface area contributed by atoms with E-state index in [9.17, 15) is 0 Å². The smallest absolute Gasteiger partial charge is 0.0890 e. The molecule has 7 aromatic carbocycles. The number of rotatable bonds is 3. The second-order valence-corrected chi connectivity index (χ2v) is 14.9. The Morgan fingerprint density at radius 3 is 1.58 bits per heavy atom. The zero-order valence-electron chi connectivity index (χ0n) is 25.7. The minimum Gasteiger partial charge on any atom is -0.309 e. The molecular weight excluding hydrogens is 621 g/mol. The van der Waals surface area contributed by atoms with Crippen LogP contribution in [0.25, 0.3) is 95.7 Å². The molecule has 0 aliphatic heterocycles. The normalized spacial score (nSPS) is 12.2. The van der Waals surface area contributed by atoms with Gasteiger partial charge < -0.3 is 9.13 Å². The maximum absolute atomic E-state index is 2.43. The molecule has 0 saturated carbocycles. The van der Waals surface area contributed by atoms with Crippen LogP contribution in [0.5, 0.6) is 0 Å². The highest BCUT2D eigenvalue weighted by Crippen LogP contribution is 2.45. The van der Waals surface area contributed by atoms with Crippen LogP contribution >= 0.6 is 22.7 Å². The van der Waals surface area contributed by atoms with Crippen LogP contribution in [-0.4, -0.2) is 9.13 Å². The summed E-state index contributed by atoms with van der Waals surface area (Å²) in [6.45, 7) is 0. The molecule has 4 heterocycles. The van der Waals surface area contributed by atoms with E-state index in [1.54, 1.807) is 0 Å². The van der Waals surface area contributed by atoms with Crippen LogP contribution in [0.4, 0.5) is 0 Å². The highest BCUT2D eigenvalue weighted by atomic mass is 32.2.